The number of hydrogen-bond donors (Lipinski definition) is 1. The lowest BCUT2D eigenvalue weighted by molar-refractivity contribution is -0.144. The maximum Gasteiger partial charge on any atom is 0.251 e. The third-order valence-corrected chi connectivity index (χ3v) is 3.88. The summed E-state index contributed by atoms with van der Waals surface area (Å²) in [5.41, 5.74) is 2.11. The molecule has 1 N–H and O–H groups in total. The SMILES string of the molecule is COCCOC(C)C(=O)N1CCCC(c2cc(C)[nH]n2)C1. The van der Waals surface area contributed by atoms with Gasteiger partial charge in [0.1, 0.15) is 6.10 Å². The van der Waals surface area contributed by atoms with Crippen LogP contribution >= 0.6 is 0 Å². The molecule has 1 aromatic heterocycles. The molecule has 1 aliphatic heterocycles. The van der Waals surface area contributed by atoms with E-state index < -0.39 is 6.10 Å². The summed E-state index contributed by atoms with van der Waals surface area (Å²) >= 11 is 0. The Bertz CT molecular complexity index is 461. The first-order valence-corrected chi connectivity index (χ1v) is 7.53. The van der Waals surface area contributed by atoms with Crippen molar-refractivity contribution in [2.24, 2.45) is 0 Å². The van der Waals surface area contributed by atoms with Crippen molar-refractivity contribution in [1.82, 2.24) is 15.1 Å². The van der Waals surface area contributed by atoms with E-state index in [2.05, 4.69) is 16.3 Å². The van der Waals surface area contributed by atoms with E-state index in [-0.39, 0.29) is 5.91 Å². The lowest BCUT2D eigenvalue weighted by Crippen LogP contribution is -2.44. The van der Waals surface area contributed by atoms with Gasteiger partial charge in [-0.3, -0.25) is 9.89 Å². The highest BCUT2D eigenvalue weighted by Gasteiger charge is 2.28. The predicted octanol–water partition coefficient (Wildman–Crippen LogP) is 1.48. The summed E-state index contributed by atoms with van der Waals surface area (Å²) in [4.78, 5) is 14.3. The van der Waals surface area contributed by atoms with Crippen molar-refractivity contribution in [3.05, 3.63) is 17.5 Å². The maximum atomic E-state index is 12.4. The average Bonchev–Trinajstić information content (AvgIpc) is 2.93. The highest BCUT2D eigenvalue weighted by Crippen LogP contribution is 2.26. The largest absolute Gasteiger partial charge is 0.382 e. The van der Waals surface area contributed by atoms with Crippen molar-refractivity contribution in [3.8, 4) is 0 Å². The summed E-state index contributed by atoms with van der Waals surface area (Å²) in [5.74, 6) is 0.377. The fourth-order valence-corrected chi connectivity index (χ4v) is 2.70. The number of H-pyrrole nitrogens is 1. The third kappa shape index (κ3) is 4.28. The zero-order valence-electron chi connectivity index (χ0n) is 13.1. The molecule has 2 unspecified atom stereocenters. The van der Waals surface area contributed by atoms with Gasteiger partial charge in [0, 0.05) is 31.8 Å². The van der Waals surface area contributed by atoms with E-state index in [4.69, 9.17) is 9.47 Å². The topological polar surface area (TPSA) is 67.5 Å². The number of aromatic amines is 1. The van der Waals surface area contributed by atoms with E-state index in [1.165, 1.54) is 0 Å². The number of methoxy groups -OCH3 is 1. The molecule has 6 nitrogen and oxygen atoms in total. The number of aryl methyl sites for hydroxylation is 1. The lowest BCUT2D eigenvalue weighted by Gasteiger charge is -2.33. The number of rotatable bonds is 6. The molecule has 6 heteroatoms. The number of piperidine rings is 1. The van der Waals surface area contributed by atoms with E-state index >= 15 is 0 Å². The Labute approximate surface area is 125 Å². The van der Waals surface area contributed by atoms with Crippen LogP contribution in [0.15, 0.2) is 6.07 Å². The molecule has 1 amide bonds. The minimum absolute atomic E-state index is 0.0584. The van der Waals surface area contributed by atoms with Crippen LogP contribution in [-0.2, 0) is 14.3 Å². The fraction of sp³-hybridized carbons (Fsp3) is 0.733. The van der Waals surface area contributed by atoms with Gasteiger partial charge >= 0.3 is 0 Å². The molecular weight excluding hydrogens is 270 g/mol. The Balaban J connectivity index is 1.89. The number of likely N-dealkylation sites (tertiary alicyclic amines) is 1. The van der Waals surface area contributed by atoms with Crippen molar-refractivity contribution in [3.63, 3.8) is 0 Å². The van der Waals surface area contributed by atoms with Crippen molar-refractivity contribution >= 4 is 5.91 Å². The Hall–Kier alpha value is -1.40. The van der Waals surface area contributed by atoms with Gasteiger partial charge in [0.25, 0.3) is 5.91 Å². The Morgan fingerprint density at radius 3 is 3.05 bits per heavy atom. The summed E-state index contributed by atoms with van der Waals surface area (Å²) < 4.78 is 10.4. The number of hydrogen-bond acceptors (Lipinski definition) is 4. The first-order valence-electron chi connectivity index (χ1n) is 7.53. The highest BCUT2D eigenvalue weighted by molar-refractivity contribution is 5.80. The normalized spacial score (nSPS) is 20.5. The summed E-state index contributed by atoms with van der Waals surface area (Å²) in [7, 11) is 1.62. The number of amides is 1. The highest BCUT2D eigenvalue weighted by atomic mass is 16.5. The minimum atomic E-state index is -0.417. The van der Waals surface area contributed by atoms with Crippen molar-refractivity contribution in [1.29, 1.82) is 0 Å². The van der Waals surface area contributed by atoms with Crippen LogP contribution in [0.25, 0.3) is 0 Å². The molecule has 0 aliphatic carbocycles. The van der Waals surface area contributed by atoms with E-state index in [9.17, 15) is 4.79 Å². The van der Waals surface area contributed by atoms with Crippen LogP contribution in [0.2, 0.25) is 0 Å². The van der Waals surface area contributed by atoms with Crippen molar-refractivity contribution < 1.29 is 14.3 Å². The molecular formula is C15H25N3O3. The van der Waals surface area contributed by atoms with Gasteiger partial charge in [0.2, 0.25) is 0 Å². The van der Waals surface area contributed by atoms with Crippen LogP contribution in [0.4, 0.5) is 0 Å². The molecule has 118 valence electrons. The monoisotopic (exact) mass is 295 g/mol. The number of nitrogens with zero attached hydrogens (tertiary/aromatic N) is 2. The van der Waals surface area contributed by atoms with Crippen LogP contribution in [0.1, 0.15) is 37.1 Å². The zero-order chi connectivity index (χ0) is 15.2. The molecule has 2 atom stereocenters. The lowest BCUT2D eigenvalue weighted by atomic mass is 9.94. The molecule has 2 heterocycles. The summed E-state index contributed by atoms with van der Waals surface area (Å²) in [6.45, 7) is 6.28. The van der Waals surface area contributed by atoms with Crippen LogP contribution in [0.5, 0.6) is 0 Å². The fourth-order valence-electron chi connectivity index (χ4n) is 2.70. The number of carbonyl (C=O) groups excluding carboxylic acids is 1. The van der Waals surface area contributed by atoms with E-state index in [0.29, 0.717) is 19.1 Å². The Morgan fingerprint density at radius 1 is 1.57 bits per heavy atom. The number of aromatic nitrogens is 2. The van der Waals surface area contributed by atoms with Gasteiger partial charge in [-0.15, -0.1) is 0 Å². The van der Waals surface area contributed by atoms with Crippen molar-refractivity contribution in [2.45, 2.75) is 38.7 Å². The predicted molar refractivity (Wildman–Crippen MR) is 79.2 cm³/mol. The molecule has 1 aromatic rings. The molecule has 0 spiro atoms. The quantitative estimate of drug-likeness (QED) is 0.807. The summed E-state index contributed by atoms with van der Waals surface area (Å²) in [6.07, 6.45) is 1.67. The van der Waals surface area contributed by atoms with E-state index in [0.717, 1.165) is 37.3 Å². The molecule has 0 radical (unpaired) electrons. The molecule has 0 bridgehead atoms. The first-order chi connectivity index (χ1) is 10.1. The first kappa shape index (κ1) is 16.0. The van der Waals surface area contributed by atoms with Crippen LogP contribution in [0.3, 0.4) is 0 Å². The molecule has 1 fully saturated rings. The van der Waals surface area contributed by atoms with Gasteiger partial charge in [0.15, 0.2) is 0 Å². The summed E-state index contributed by atoms with van der Waals surface area (Å²) in [6, 6.07) is 2.07. The number of nitrogens with one attached hydrogen (secondary N) is 1. The molecule has 0 aromatic carbocycles. The third-order valence-electron chi connectivity index (χ3n) is 3.88. The molecule has 1 aliphatic rings. The minimum Gasteiger partial charge on any atom is -0.382 e. The van der Waals surface area contributed by atoms with E-state index in [1.54, 1.807) is 14.0 Å². The second-order valence-corrected chi connectivity index (χ2v) is 5.61. The molecule has 1 saturated heterocycles. The molecule has 2 rings (SSSR count). The van der Waals surface area contributed by atoms with Gasteiger partial charge in [-0.1, -0.05) is 0 Å². The molecule has 0 saturated carbocycles. The van der Waals surface area contributed by atoms with Gasteiger partial charge in [0.05, 0.1) is 18.9 Å². The van der Waals surface area contributed by atoms with E-state index in [1.807, 2.05) is 11.8 Å². The second-order valence-electron chi connectivity index (χ2n) is 5.61. The zero-order valence-corrected chi connectivity index (χ0v) is 13.1. The summed E-state index contributed by atoms with van der Waals surface area (Å²) in [5, 5.41) is 7.30. The second kappa shape index (κ2) is 7.56. The smallest absolute Gasteiger partial charge is 0.251 e. The Morgan fingerprint density at radius 2 is 2.38 bits per heavy atom. The maximum absolute atomic E-state index is 12.4. The standard InChI is InChI=1S/C15H25N3O3/c1-11-9-14(17-16-11)13-5-4-6-18(10-13)15(19)12(2)21-8-7-20-3/h9,12-13H,4-8,10H2,1-3H3,(H,16,17). The van der Waals surface area contributed by atoms with Gasteiger partial charge in [-0.25, -0.2) is 0 Å². The van der Waals surface area contributed by atoms with Gasteiger partial charge < -0.3 is 14.4 Å². The van der Waals surface area contributed by atoms with Crippen LogP contribution < -0.4 is 0 Å². The average molecular weight is 295 g/mol. The number of carbonyl (C=O) groups is 1. The van der Waals surface area contributed by atoms with Crippen LogP contribution in [-0.4, -0.2) is 60.5 Å². The number of ether oxygens (including phenoxy) is 2. The Kier molecular flexibility index (Phi) is 5.76. The van der Waals surface area contributed by atoms with Crippen LogP contribution in [0, 0.1) is 6.92 Å². The van der Waals surface area contributed by atoms with Gasteiger partial charge in [-0.2, -0.15) is 5.10 Å². The van der Waals surface area contributed by atoms with Gasteiger partial charge in [-0.05, 0) is 32.8 Å². The molecule has 21 heavy (non-hydrogen) atoms. The van der Waals surface area contributed by atoms with Crippen molar-refractivity contribution in [2.75, 3.05) is 33.4 Å².